The summed E-state index contributed by atoms with van der Waals surface area (Å²) in [5.74, 6) is 0.675. The summed E-state index contributed by atoms with van der Waals surface area (Å²) in [6.07, 6.45) is 1.91. The molecule has 1 aliphatic rings. The predicted molar refractivity (Wildman–Crippen MR) is 78.8 cm³/mol. The number of fused-ring (bicyclic) bond motifs is 1. The molecule has 1 heterocycles. The summed E-state index contributed by atoms with van der Waals surface area (Å²) in [5, 5.41) is 5.72. The smallest absolute Gasteiger partial charge is 0.262 e. The zero-order valence-electron chi connectivity index (χ0n) is 10.7. The van der Waals surface area contributed by atoms with Crippen LogP contribution in [0.15, 0.2) is 12.1 Å². The van der Waals surface area contributed by atoms with Gasteiger partial charge in [-0.2, -0.15) is 0 Å². The summed E-state index contributed by atoms with van der Waals surface area (Å²) in [5.41, 5.74) is 0.976. The number of nitrogens with one attached hydrogen (secondary N) is 2. The Morgan fingerprint density at radius 1 is 1.40 bits per heavy atom. The van der Waals surface area contributed by atoms with Crippen LogP contribution in [0.3, 0.4) is 0 Å². The molecule has 108 valence electrons. The minimum atomic E-state index is -0.230. The number of carbonyl (C=O) groups is 2. The minimum absolute atomic E-state index is 0.0439. The Balaban J connectivity index is 2.05. The zero-order valence-corrected chi connectivity index (χ0v) is 12.2. The molecule has 1 aromatic carbocycles. The molecule has 0 spiro atoms. The Bertz CT molecular complexity index is 535. The second-order valence-corrected chi connectivity index (χ2v) is 5.14. The highest BCUT2D eigenvalue weighted by atomic mass is 35.5. The summed E-state index contributed by atoms with van der Waals surface area (Å²) in [4.78, 5) is 22.9. The fourth-order valence-electron chi connectivity index (χ4n) is 1.79. The molecule has 0 aliphatic carbocycles. The Morgan fingerprint density at radius 3 is 2.95 bits per heavy atom. The maximum Gasteiger partial charge on any atom is 0.262 e. The number of unbranched alkanes of at least 4 members (excludes halogenated alkanes) is 1. The van der Waals surface area contributed by atoms with E-state index in [1.807, 2.05) is 0 Å². The summed E-state index contributed by atoms with van der Waals surface area (Å²) < 4.78 is 5.27. The van der Waals surface area contributed by atoms with E-state index in [1.165, 1.54) is 0 Å². The van der Waals surface area contributed by atoms with E-state index in [2.05, 4.69) is 10.6 Å². The summed E-state index contributed by atoms with van der Waals surface area (Å²) >= 11 is 11.6. The molecule has 0 saturated heterocycles. The fourth-order valence-corrected chi connectivity index (χ4v) is 2.19. The van der Waals surface area contributed by atoms with Crippen molar-refractivity contribution in [3.05, 3.63) is 17.2 Å². The molecule has 0 aromatic heterocycles. The van der Waals surface area contributed by atoms with E-state index in [0.717, 1.165) is 12.8 Å². The van der Waals surface area contributed by atoms with E-state index in [-0.39, 0.29) is 18.4 Å². The van der Waals surface area contributed by atoms with Crippen molar-refractivity contribution in [1.29, 1.82) is 0 Å². The molecule has 0 bridgehead atoms. The van der Waals surface area contributed by atoms with Crippen molar-refractivity contribution in [3.8, 4) is 5.75 Å². The first kappa shape index (κ1) is 14.9. The predicted octanol–water partition coefficient (Wildman–Crippen LogP) is 3.02. The van der Waals surface area contributed by atoms with Crippen LogP contribution in [0.5, 0.6) is 5.75 Å². The Labute approximate surface area is 126 Å². The second-order valence-electron chi connectivity index (χ2n) is 4.36. The first-order chi connectivity index (χ1) is 9.60. The lowest BCUT2D eigenvalue weighted by Crippen LogP contribution is -2.25. The van der Waals surface area contributed by atoms with Gasteiger partial charge < -0.3 is 15.4 Å². The van der Waals surface area contributed by atoms with Gasteiger partial charge >= 0.3 is 0 Å². The quantitative estimate of drug-likeness (QED) is 0.648. The Morgan fingerprint density at radius 2 is 2.20 bits per heavy atom. The number of halogens is 2. The van der Waals surface area contributed by atoms with Crippen LogP contribution in [0, 0.1) is 0 Å². The number of hydrogen-bond acceptors (Lipinski definition) is 3. The molecule has 2 N–H and O–H groups in total. The minimum Gasteiger partial charge on any atom is -0.482 e. The number of alkyl halides is 1. The van der Waals surface area contributed by atoms with Gasteiger partial charge in [-0.05, 0) is 18.9 Å². The molecule has 20 heavy (non-hydrogen) atoms. The Kier molecular flexibility index (Phi) is 5.09. The third-order valence-corrected chi connectivity index (χ3v) is 3.34. The molecule has 2 amide bonds. The van der Waals surface area contributed by atoms with Gasteiger partial charge in [0.2, 0.25) is 5.91 Å². The lowest BCUT2D eigenvalue weighted by Gasteiger charge is -2.19. The van der Waals surface area contributed by atoms with E-state index in [1.54, 1.807) is 12.1 Å². The zero-order chi connectivity index (χ0) is 14.5. The number of anilines is 2. The van der Waals surface area contributed by atoms with E-state index in [9.17, 15) is 9.59 Å². The average molecular weight is 317 g/mol. The van der Waals surface area contributed by atoms with E-state index < -0.39 is 0 Å². The molecular weight excluding hydrogens is 303 g/mol. The average Bonchev–Trinajstić information content (AvgIpc) is 2.40. The van der Waals surface area contributed by atoms with Gasteiger partial charge in [0.15, 0.2) is 6.61 Å². The van der Waals surface area contributed by atoms with Crippen LogP contribution >= 0.6 is 23.2 Å². The second kappa shape index (κ2) is 6.81. The van der Waals surface area contributed by atoms with Crippen LogP contribution in [0.2, 0.25) is 5.02 Å². The first-order valence-electron chi connectivity index (χ1n) is 6.22. The highest BCUT2D eigenvalue weighted by Gasteiger charge is 2.18. The molecule has 2 rings (SSSR count). The van der Waals surface area contributed by atoms with E-state index in [4.69, 9.17) is 27.9 Å². The molecule has 0 saturated carbocycles. The molecule has 0 atom stereocenters. The van der Waals surface area contributed by atoms with Gasteiger partial charge in [0.1, 0.15) is 5.75 Å². The number of rotatable bonds is 5. The van der Waals surface area contributed by atoms with E-state index >= 15 is 0 Å². The fraction of sp³-hybridized carbons (Fsp3) is 0.385. The van der Waals surface area contributed by atoms with Crippen molar-refractivity contribution < 1.29 is 14.3 Å². The van der Waals surface area contributed by atoms with Gasteiger partial charge in [0, 0.05) is 18.4 Å². The summed E-state index contributed by atoms with van der Waals surface area (Å²) in [7, 11) is 0. The lowest BCUT2D eigenvalue weighted by molar-refractivity contribution is -0.118. The number of carbonyl (C=O) groups excluding carboxylic acids is 2. The van der Waals surface area contributed by atoms with Gasteiger partial charge in [-0.3, -0.25) is 9.59 Å². The monoisotopic (exact) mass is 316 g/mol. The van der Waals surface area contributed by atoms with Crippen molar-refractivity contribution in [2.45, 2.75) is 19.3 Å². The normalized spacial score (nSPS) is 13.2. The van der Waals surface area contributed by atoms with E-state index in [0.29, 0.717) is 34.4 Å². The number of ether oxygens (including phenoxy) is 1. The van der Waals surface area contributed by atoms with Crippen molar-refractivity contribution >= 4 is 46.4 Å². The van der Waals surface area contributed by atoms with Gasteiger partial charge in [0.05, 0.1) is 16.4 Å². The molecule has 1 aliphatic heterocycles. The highest BCUT2D eigenvalue weighted by Crippen LogP contribution is 2.36. The SMILES string of the molecule is O=C(CCCCCl)Nc1cc2c(cc1Cl)NC(=O)CO2. The van der Waals surface area contributed by atoms with Crippen LogP contribution in [0.1, 0.15) is 19.3 Å². The first-order valence-corrected chi connectivity index (χ1v) is 7.13. The molecule has 7 heteroatoms. The molecule has 5 nitrogen and oxygen atoms in total. The van der Waals surface area contributed by atoms with Gasteiger partial charge in [-0.1, -0.05) is 11.6 Å². The van der Waals surface area contributed by atoms with Crippen molar-refractivity contribution in [2.75, 3.05) is 23.1 Å². The largest absolute Gasteiger partial charge is 0.482 e. The third-order valence-electron chi connectivity index (χ3n) is 2.76. The third kappa shape index (κ3) is 3.77. The maximum absolute atomic E-state index is 11.7. The number of amides is 2. The van der Waals surface area contributed by atoms with Crippen LogP contribution in [0.4, 0.5) is 11.4 Å². The van der Waals surface area contributed by atoms with Crippen molar-refractivity contribution in [1.82, 2.24) is 0 Å². The van der Waals surface area contributed by atoms with Crippen molar-refractivity contribution in [2.24, 2.45) is 0 Å². The number of benzene rings is 1. The van der Waals surface area contributed by atoms with Crippen LogP contribution in [-0.2, 0) is 9.59 Å². The van der Waals surface area contributed by atoms with Crippen LogP contribution < -0.4 is 15.4 Å². The number of hydrogen-bond donors (Lipinski definition) is 2. The molecule has 0 unspecified atom stereocenters. The van der Waals surface area contributed by atoms with Crippen LogP contribution in [-0.4, -0.2) is 24.3 Å². The summed E-state index contributed by atoms with van der Waals surface area (Å²) in [6.45, 7) is -0.0439. The lowest BCUT2D eigenvalue weighted by atomic mass is 10.2. The highest BCUT2D eigenvalue weighted by molar-refractivity contribution is 6.34. The molecule has 1 aromatic rings. The Hall–Kier alpha value is -1.46. The standard InChI is InChI=1S/C13H14Cl2N2O3/c14-4-2-1-3-12(18)16-9-6-11-10(5-8(9)15)17-13(19)7-20-11/h5-6H,1-4,7H2,(H,16,18)(H,17,19). The molecular formula is C13H14Cl2N2O3. The molecule has 0 fully saturated rings. The maximum atomic E-state index is 11.7. The topological polar surface area (TPSA) is 67.4 Å². The van der Waals surface area contributed by atoms with Gasteiger partial charge in [-0.25, -0.2) is 0 Å². The van der Waals surface area contributed by atoms with Gasteiger partial charge in [-0.15, -0.1) is 11.6 Å². The summed E-state index contributed by atoms with van der Waals surface area (Å²) in [6, 6.07) is 3.17. The van der Waals surface area contributed by atoms with Gasteiger partial charge in [0.25, 0.3) is 5.91 Å². The van der Waals surface area contributed by atoms with Crippen molar-refractivity contribution in [3.63, 3.8) is 0 Å². The van der Waals surface area contributed by atoms with Crippen LogP contribution in [0.25, 0.3) is 0 Å². The molecule has 0 radical (unpaired) electrons.